The largest absolute Gasteiger partial charge is 0.342 e. The van der Waals surface area contributed by atoms with Gasteiger partial charge in [0.15, 0.2) is 0 Å². The van der Waals surface area contributed by atoms with E-state index in [2.05, 4.69) is 11.4 Å². The van der Waals surface area contributed by atoms with Crippen molar-refractivity contribution < 1.29 is 9.59 Å². The van der Waals surface area contributed by atoms with Gasteiger partial charge in [-0.1, -0.05) is 24.5 Å². The van der Waals surface area contributed by atoms with Gasteiger partial charge in [0.2, 0.25) is 11.8 Å². The van der Waals surface area contributed by atoms with Gasteiger partial charge in [-0.25, -0.2) is 0 Å². The average molecular weight is 264 g/mol. The first-order chi connectivity index (χ1) is 8.94. The molecular weight excluding hydrogens is 240 g/mol. The Balaban J connectivity index is 2.26. The van der Waals surface area contributed by atoms with Crippen molar-refractivity contribution in [2.24, 2.45) is 0 Å². The molecule has 1 spiro atoms. The SMILES string of the molecule is CC(C)=CCN1C(=O)C2(CCCC2)NC(=O)CC1C. The molecule has 2 rings (SSSR count). The Morgan fingerprint density at radius 2 is 2.00 bits per heavy atom. The molecule has 1 N–H and O–H groups in total. The maximum atomic E-state index is 12.8. The first-order valence-electron chi connectivity index (χ1n) is 7.20. The van der Waals surface area contributed by atoms with Crippen LogP contribution in [0.1, 0.15) is 52.9 Å². The predicted octanol–water partition coefficient (Wildman–Crippen LogP) is 2.00. The Morgan fingerprint density at radius 3 is 2.58 bits per heavy atom. The van der Waals surface area contributed by atoms with Crippen LogP contribution in [-0.2, 0) is 9.59 Å². The summed E-state index contributed by atoms with van der Waals surface area (Å²) in [5, 5.41) is 3.00. The topological polar surface area (TPSA) is 49.4 Å². The van der Waals surface area contributed by atoms with E-state index in [-0.39, 0.29) is 17.9 Å². The number of hydrogen-bond acceptors (Lipinski definition) is 2. The van der Waals surface area contributed by atoms with Crippen LogP contribution in [-0.4, -0.2) is 34.8 Å². The highest BCUT2D eigenvalue weighted by Gasteiger charge is 2.47. The van der Waals surface area contributed by atoms with Gasteiger partial charge in [0.1, 0.15) is 5.54 Å². The standard InChI is InChI=1S/C15H24N2O2/c1-11(2)6-9-17-12(3)10-13(18)16-15(14(17)19)7-4-5-8-15/h6,12H,4-5,7-10H2,1-3H3,(H,16,18). The lowest BCUT2D eigenvalue weighted by Gasteiger charge is -2.33. The number of nitrogens with one attached hydrogen (secondary N) is 1. The Bertz CT molecular complexity index is 404. The van der Waals surface area contributed by atoms with E-state index in [1.807, 2.05) is 25.7 Å². The van der Waals surface area contributed by atoms with Crippen molar-refractivity contribution in [3.63, 3.8) is 0 Å². The van der Waals surface area contributed by atoms with Gasteiger partial charge in [-0.3, -0.25) is 9.59 Å². The lowest BCUT2D eigenvalue weighted by Crippen LogP contribution is -2.56. The molecule has 1 heterocycles. The summed E-state index contributed by atoms with van der Waals surface area (Å²) in [6.07, 6.45) is 6.09. The molecule has 1 atom stereocenters. The second-order valence-electron chi connectivity index (χ2n) is 6.13. The second kappa shape index (κ2) is 5.35. The third-order valence-electron chi connectivity index (χ3n) is 4.22. The van der Waals surface area contributed by atoms with E-state index in [4.69, 9.17) is 0 Å². The molecule has 1 unspecified atom stereocenters. The van der Waals surface area contributed by atoms with Gasteiger partial charge in [-0.15, -0.1) is 0 Å². The minimum absolute atomic E-state index is 0.0162. The van der Waals surface area contributed by atoms with Gasteiger partial charge in [-0.2, -0.15) is 0 Å². The Labute approximate surface area is 115 Å². The van der Waals surface area contributed by atoms with Crippen LogP contribution in [0.2, 0.25) is 0 Å². The fourth-order valence-electron chi connectivity index (χ4n) is 3.09. The first-order valence-corrected chi connectivity index (χ1v) is 7.20. The number of hydrogen-bond donors (Lipinski definition) is 1. The molecule has 0 bridgehead atoms. The lowest BCUT2D eigenvalue weighted by molar-refractivity contribution is -0.139. The summed E-state index contributed by atoms with van der Waals surface area (Å²) in [5.74, 6) is 0.128. The molecule has 0 radical (unpaired) electrons. The van der Waals surface area contributed by atoms with Gasteiger partial charge >= 0.3 is 0 Å². The normalized spacial score (nSPS) is 26.3. The van der Waals surface area contributed by atoms with Crippen LogP contribution < -0.4 is 5.32 Å². The van der Waals surface area contributed by atoms with E-state index >= 15 is 0 Å². The highest BCUT2D eigenvalue weighted by atomic mass is 16.2. The molecule has 19 heavy (non-hydrogen) atoms. The van der Waals surface area contributed by atoms with E-state index in [9.17, 15) is 9.59 Å². The van der Waals surface area contributed by atoms with E-state index in [1.54, 1.807) is 0 Å². The third-order valence-corrected chi connectivity index (χ3v) is 4.22. The summed E-state index contributed by atoms with van der Waals surface area (Å²) in [4.78, 5) is 26.7. The molecule has 1 saturated heterocycles. The van der Waals surface area contributed by atoms with Gasteiger partial charge in [0.25, 0.3) is 0 Å². The number of nitrogens with zero attached hydrogens (tertiary/aromatic N) is 1. The summed E-state index contributed by atoms with van der Waals surface area (Å²) < 4.78 is 0. The molecule has 0 aromatic rings. The average Bonchev–Trinajstić information content (AvgIpc) is 2.74. The fourth-order valence-corrected chi connectivity index (χ4v) is 3.09. The molecule has 106 valence electrons. The van der Waals surface area contributed by atoms with Crippen molar-refractivity contribution in [2.75, 3.05) is 6.54 Å². The molecular formula is C15H24N2O2. The Morgan fingerprint density at radius 1 is 1.37 bits per heavy atom. The van der Waals surface area contributed by atoms with Crippen LogP contribution in [0.5, 0.6) is 0 Å². The quantitative estimate of drug-likeness (QED) is 0.776. The van der Waals surface area contributed by atoms with Crippen molar-refractivity contribution in [3.8, 4) is 0 Å². The van der Waals surface area contributed by atoms with Crippen LogP contribution in [0, 0.1) is 0 Å². The Kier molecular flexibility index (Phi) is 3.97. The van der Waals surface area contributed by atoms with Crippen LogP contribution in [0.4, 0.5) is 0 Å². The van der Waals surface area contributed by atoms with Crippen LogP contribution in [0.15, 0.2) is 11.6 Å². The van der Waals surface area contributed by atoms with Crippen molar-refractivity contribution in [2.45, 2.75) is 64.5 Å². The van der Waals surface area contributed by atoms with Gasteiger partial charge in [0, 0.05) is 19.0 Å². The lowest BCUT2D eigenvalue weighted by atomic mass is 9.95. The zero-order chi connectivity index (χ0) is 14.0. The van der Waals surface area contributed by atoms with Crippen molar-refractivity contribution >= 4 is 11.8 Å². The van der Waals surface area contributed by atoms with E-state index in [0.29, 0.717) is 13.0 Å². The molecule has 1 saturated carbocycles. The van der Waals surface area contributed by atoms with Crippen molar-refractivity contribution in [1.82, 2.24) is 10.2 Å². The number of carbonyl (C=O) groups is 2. The second-order valence-corrected chi connectivity index (χ2v) is 6.13. The summed E-state index contributed by atoms with van der Waals surface area (Å²) >= 11 is 0. The highest BCUT2D eigenvalue weighted by Crippen LogP contribution is 2.34. The molecule has 0 aromatic heterocycles. The molecule has 0 aromatic carbocycles. The van der Waals surface area contributed by atoms with Crippen molar-refractivity contribution in [3.05, 3.63) is 11.6 Å². The molecule has 2 aliphatic rings. The summed E-state index contributed by atoms with van der Waals surface area (Å²) in [5.41, 5.74) is 0.584. The van der Waals surface area contributed by atoms with Crippen molar-refractivity contribution in [1.29, 1.82) is 0 Å². The molecule has 2 amide bonds. The molecule has 4 heteroatoms. The van der Waals surface area contributed by atoms with E-state index in [1.165, 1.54) is 5.57 Å². The molecule has 2 fully saturated rings. The monoisotopic (exact) mass is 264 g/mol. The van der Waals surface area contributed by atoms with Crippen LogP contribution in [0.25, 0.3) is 0 Å². The number of rotatable bonds is 2. The van der Waals surface area contributed by atoms with Gasteiger partial charge < -0.3 is 10.2 Å². The minimum Gasteiger partial charge on any atom is -0.342 e. The smallest absolute Gasteiger partial charge is 0.248 e. The van der Waals surface area contributed by atoms with E-state index in [0.717, 1.165) is 25.7 Å². The van der Waals surface area contributed by atoms with Crippen LogP contribution in [0.3, 0.4) is 0 Å². The zero-order valence-electron chi connectivity index (χ0n) is 12.2. The number of allylic oxidation sites excluding steroid dienone is 1. The van der Waals surface area contributed by atoms with E-state index < -0.39 is 5.54 Å². The van der Waals surface area contributed by atoms with Gasteiger partial charge in [0.05, 0.1) is 0 Å². The third kappa shape index (κ3) is 2.82. The zero-order valence-corrected chi connectivity index (χ0v) is 12.2. The van der Waals surface area contributed by atoms with Crippen LogP contribution >= 0.6 is 0 Å². The maximum absolute atomic E-state index is 12.8. The first kappa shape index (κ1) is 14.1. The number of amides is 2. The fraction of sp³-hybridized carbons (Fsp3) is 0.733. The maximum Gasteiger partial charge on any atom is 0.248 e. The number of carbonyl (C=O) groups excluding carboxylic acids is 2. The Hall–Kier alpha value is -1.32. The van der Waals surface area contributed by atoms with Gasteiger partial charge in [-0.05, 0) is 33.6 Å². The molecule has 1 aliphatic carbocycles. The molecule has 4 nitrogen and oxygen atoms in total. The summed E-state index contributed by atoms with van der Waals surface area (Å²) in [6, 6.07) is -0.0249. The summed E-state index contributed by atoms with van der Waals surface area (Å²) in [7, 11) is 0. The predicted molar refractivity (Wildman–Crippen MR) is 74.6 cm³/mol. The summed E-state index contributed by atoms with van der Waals surface area (Å²) in [6.45, 7) is 6.63. The minimum atomic E-state index is -0.614. The molecule has 1 aliphatic heterocycles. The highest BCUT2D eigenvalue weighted by molar-refractivity contribution is 5.94.